The molecule has 0 fully saturated rings. The molecule has 0 aliphatic heterocycles. The van der Waals surface area contributed by atoms with E-state index in [1.54, 1.807) is 22.2 Å². The van der Waals surface area contributed by atoms with Crippen LogP contribution in [0.2, 0.25) is 0 Å². The van der Waals surface area contributed by atoms with Crippen molar-refractivity contribution in [3.05, 3.63) is 39.8 Å². The van der Waals surface area contributed by atoms with Crippen molar-refractivity contribution in [1.82, 2.24) is 9.78 Å². The molecule has 2 aromatic rings. The Bertz CT molecular complexity index is 485. The highest BCUT2D eigenvalue weighted by atomic mass is 32.1. The second-order valence-corrected chi connectivity index (χ2v) is 5.67. The molecule has 0 aromatic carbocycles. The van der Waals surface area contributed by atoms with Crippen molar-refractivity contribution in [2.75, 3.05) is 0 Å². The first-order chi connectivity index (χ1) is 7.47. The van der Waals surface area contributed by atoms with E-state index in [2.05, 4.69) is 5.10 Å². The third-order valence-electron chi connectivity index (χ3n) is 2.58. The Hall–Kier alpha value is -1.13. The zero-order valence-corrected chi connectivity index (χ0v) is 10.6. The van der Waals surface area contributed by atoms with Gasteiger partial charge < -0.3 is 5.11 Å². The highest BCUT2D eigenvalue weighted by molar-refractivity contribution is 7.12. The zero-order chi connectivity index (χ0) is 11.8. The molecule has 0 amide bonds. The lowest BCUT2D eigenvalue weighted by molar-refractivity contribution is 0.0615. The quantitative estimate of drug-likeness (QED) is 0.887. The lowest BCUT2D eigenvalue weighted by Crippen LogP contribution is -2.22. The van der Waals surface area contributed by atoms with Gasteiger partial charge in [-0.05, 0) is 31.5 Å². The molecule has 2 aromatic heterocycles. The van der Waals surface area contributed by atoms with E-state index in [-0.39, 0.29) is 0 Å². The van der Waals surface area contributed by atoms with Crippen LogP contribution in [0.4, 0.5) is 0 Å². The summed E-state index contributed by atoms with van der Waals surface area (Å²) in [5.74, 6) is 0. The Labute approximate surface area is 99.4 Å². The molecule has 4 heteroatoms. The van der Waals surface area contributed by atoms with Crippen LogP contribution in [0.15, 0.2) is 24.5 Å². The molecule has 0 aliphatic rings. The highest BCUT2D eigenvalue weighted by Gasteiger charge is 2.25. The third kappa shape index (κ3) is 2.33. The van der Waals surface area contributed by atoms with Crippen LogP contribution in [-0.4, -0.2) is 14.9 Å². The van der Waals surface area contributed by atoms with Gasteiger partial charge in [-0.25, -0.2) is 0 Å². The van der Waals surface area contributed by atoms with Crippen molar-refractivity contribution in [1.29, 1.82) is 0 Å². The van der Waals surface area contributed by atoms with E-state index in [4.69, 9.17) is 0 Å². The minimum atomic E-state index is -0.804. The predicted molar refractivity (Wildman–Crippen MR) is 65.5 cm³/mol. The van der Waals surface area contributed by atoms with Crippen LogP contribution in [0.25, 0.3) is 0 Å². The van der Waals surface area contributed by atoms with Crippen molar-refractivity contribution in [2.24, 2.45) is 7.05 Å². The van der Waals surface area contributed by atoms with Gasteiger partial charge in [0.15, 0.2) is 0 Å². The van der Waals surface area contributed by atoms with E-state index < -0.39 is 5.60 Å². The summed E-state index contributed by atoms with van der Waals surface area (Å²) in [6, 6.07) is 4.04. The van der Waals surface area contributed by atoms with Crippen molar-refractivity contribution in [2.45, 2.75) is 25.9 Å². The lowest BCUT2D eigenvalue weighted by atomic mass is 9.97. The smallest absolute Gasteiger partial charge is 0.100 e. The Balaban J connectivity index is 2.19. The molecule has 2 rings (SSSR count). The van der Waals surface area contributed by atoms with Gasteiger partial charge in [0, 0.05) is 29.4 Å². The van der Waals surface area contributed by atoms with Crippen molar-refractivity contribution < 1.29 is 5.11 Å². The molecule has 1 atom stereocenters. The van der Waals surface area contributed by atoms with Crippen molar-refractivity contribution in [3.63, 3.8) is 0 Å². The van der Waals surface area contributed by atoms with Crippen LogP contribution < -0.4 is 0 Å². The molecule has 0 spiro atoms. The van der Waals surface area contributed by atoms with Crippen LogP contribution in [-0.2, 0) is 19.1 Å². The molecule has 0 bridgehead atoms. The number of thiophene rings is 1. The SMILES string of the molecule is Cc1ccc(C(C)(O)Cc2cnn(C)c2)s1. The minimum absolute atomic E-state index is 0.598. The molecular formula is C12H16N2OS. The lowest BCUT2D eigenvalue weighted by Gasteiger charge is -2.20. The van der Waals surface area contributed by atoms with E-state index in [1.165, 1.54) is 4.88 Å². The minimum Gasteiger partial charge on any atom is -0.384 e. The molecule has 0 saturated carbocycles. The number of nitrogens with zero attached hydrogens (tertiary/aromatic N) is 2. The first-order valence-corrected chi connectivity index (χ1v) is 6.06. The van der Waals surface area contributed by atoms with Crippen LogP contribution in [0.3, 0.4) is 0 Å². The number of hydrogen-bond donors (Lipinski definition) is 1. The van der Waals surface area contributed by atoms with Crippen molar-refractivity contribution >= 4 is 11.3 Å². The maximum Gasteiger partial charge on any atom is 0.100 e. The maximum absolute atomic E-state index is 10.4. The van der Waals surface area contributed by atoms with Gasteiger partial charge in [0.05, 0.1) is 6.20 Å². The van der Waals surface area contributed by atoms with Crippen LogP contribution in [0.1, 0.15) is 22.2 Å². The number of hydrogen-bond acceptors (Lipinski definition) is 3. The second-order valence-electron chi connectivity index (χ2n) is 4.38. The van der Waals surface area contributed by atoms with Crippen LogP contribution >= 0.6 is 11.3 Å². The molecular weight excluding hydrogens is 220 g/mol. The summed E-state index contributed by atoms with van der Waals surface area (Å²) in [6.45, 7) is 3.90. The fourth-order valence-electron chi connectivity index (χ4n) is 1.77. The third-order valence-corrected chi connectivity index (χ3v) is 3.83. The van der Waals surface area contributed by atoms with Gasteiger partial charge in [-0.1, -0.05) is 0 Å². The van der Waals surface area contributed by atoms with E-state index >= 15 is 0 Å². The summed E-state index contributed by atoms with van der Waals surface area (Å²) < 4.78 is 1.76. The first-order valence-electron chi connectivity index (χ1n) is 5.24. The van der Waals surface area contributed by atoms with E-state index in [0.29, 0.717) is 6.42 Å². The predicted octanol–water partition coefficient (Wildman–Crippen LogP) is 2.24. The molecule has 3 nitrogen and oxygen atoms in total. The molecule has 0 radical (unpaired) electrons. The zero-order valence-electron chi connectivity index (χ0n) is 9.77. The standard InChI is InChI=1S/C12H16N2OS/c1-9-4-5-11(16-9)12(2,15)6-10-7-13-14(3)8-10/h4-5,7-8,15H,6H2,1-3H3. The molecule has 1 unspecified atom stereocenters. The first kappa shape index (κ1) is 11.4. The van der Waals surface area contributed by atoms with Gasteiger partial charge in [-0.15, -0.1) is 11.3 Å². The van der Waals surface area contributed by atoms with Gasteiger partial charge in [0.1, 0.15) is 5.60 Å². The summed E-state index contributed by atoms with van der Waals surface area (Å²) in [5.41, 5.74) is 0.251. The molecule has 1 N–H and O–H groups in total. The largest absolute Gasteiger partial charge is 0.384 e. The van der Waals surface area contributed by atoms with Gasteiger partial charge in [0.25, 0.3) is 0 Å². The Morgan fingerprint density at radius 2 is 2.25 bits per heavy atom. The van der Waals surface area contributed by atoms with Gasteiger partial charge in [-0.3, -0.25) is 4.68 Å². The normalized spacial score (nSPS) is 15.0. The fraction of sp³-hybridized carbons (Fsp3) is 0.417. The summed E-state index contributed by atoms with van der Waals surface area (Å²) in [4.78, 5) is 2.23. The Morgan fingerprint density at radius 3 is 2.75 bits per heavy atom. The number of aliphatic hydroxyl groups is 1. The topological polar surface area (TPSA) is 38.1 Å². The number of aromatic nitrogens is 2. The molecule has 2 heterocycles. The average molecular weight is 236 g/mol. The van der Waals surface area contributed by atoms with E-state index in [0.717, 1.165) is 10.4 Å². The van der Waals surface area contributed by atoms with Crippen molar-refractivity contribution in [3.8, 4) is 0 Å². The van der Waals surface area contributed by atoms with Gasteiger partial charge in [-0.2, -0.15) is 5.10 Å². The maximum atomic E-state index is 10.4. The van der Waals surface area contributed by atoms with Gasteiger partial charge in [0.2, 0.25) is 0 Å². The van der Waals surface area contributed by atoms with E-state index in [9.17, 15) is 5.11 Å². The number of rotatable bonds is 3. The summed E-state index contributed by atoms with van der Waals surface area (Å²) >= 11 is 1.64. The molecule has 0 aliphatic carbocycles. The molecule has 16 heavy (non-hydrogen) atoms. The summed E-state index contributed by atoms with van der Waals surface area (Å²) in [7, 11) is 1.88. The second kappa shape index (κ2) is 4.03. The van der Waals surface area contributed by atoms with Crippen LogP contribution in [0.5, 0.6) is 0 Å². The fourth-order valence-corrected chi connectivity index (χ4v) is 2.68. The van der Waals surface area contributed by atoms with Gasteiger partial charge >= 0.3 is 0 Å². The average Bonchev–Trinajstić information content (AvgIpc) is 2.75. The summed E-state index contributed by atoms with van der Waals surface area (Å²) in [6.07, 6.45) is 4.34. The number of aryl methyl sites for hydroxylation is 2. The Kier molecular flexibility index (Phi) is 2.86. The van der Waals surface area contributed by atoms with Crippen LogP contribution in [0, 0.1) is 6.92 Å². The Morgan fingerprint density at radius 1 is 1.50 bits per heavy atom. The highest BCUT2D eigenvalue weighted by Crippen LogP contribution is 2.30. The molecule has 0 saturated heterocycles. The summed E-state index contributed by atoms with van der Waals surface area (Å²) in [5, 5.41) is 14.5. The van der Waals surface area contributed by atoms with E-state index in [1.807, 2.05) is 39.2 Å². The monoisotopic (exact) mass is 236 g/mol. The molecule has 86 valence electrons.